The summed E-state index contributed by atoms with van der Waals surface area (Å²) in [7, 11) is 0. The maximum Gasteiger partial charge on any atom is 0.164 e. The first kappa shape index (κ1) is 30.9. The first-order valence-corrected chi connectivity index (χ1v) is 18.7. The second-order valence-electron chi connectivity index (χ2n) is 15.2. The highest BCUT2D eigenvalue weighted by Gasteiger charge is 2.50. The fourth-order valence-corrected chi connectivity index (χ4v) is 9.46. The zero-order chi connectivity index (χ0) is 36.0. The Balaban J connectivity index is 1.22. The Morgan fingerprint density at radius 1 is 0.333 bits per heavy atom. The van der Waals surface area contributed by atoms with Gasteiger partial charge < -0.3 is 0 Å². The summed E-state index contributed by atoms with van der Waals surface area (Å²) in [4.78, 5) is 15.3. The molecule has 1 unspecified atom stereocenters. The van der Waals surface area contributed by atoms with Crippen molar-refractivity contribution in [3.05, 3.63) is 208 Å². The highest BCUT2D eigenvalue weighted by Crippen LogP contribution is 2.61. The second kappa shape index (κ2) is 11.4. The monoisotopic (exact) mass is 689 g/mol. The van der Waals surface area contributed by atoms with Crippen LogP contribution in [0.15, 0.2) is 164 Å². The third-order valence-corrected chi connectivity index (χ3v) is 12.0. The van der Waals surface area contributed by atoms with Crippen molar-refractivity contribution in [2.24, 2.45) is 0 Å². The minimum atomic E-state index is -0.592. The van der Waals surface area contributed by atoms with Gasteiger partial charge in [-0.25, -0.2) is 15.0 Å². The van der Waals surface area contributed by atoms with Crippen molar-refractivity contribution in [3.63, 3.8) is 0 Å². The van der Waals surface area contributed by atoms with Crippen LogP contribution in [0.4, 0.5) is 0 Å². The average Bonchev–Trinajstić information content (AvgIpc) is 3.58. The molecule has 0 aliphatic heterocycles. The fourth-order valence-electron chi connectivity index (χ4n) is 9.46. The predicted molar refractivity (Wildman–Crippen MR) is 220 cm³/mol. The van der Waals surface area contributed by atoms with Crippen LogP contribution in [0.5, 0.6) is 0 Å². The Bertz CT molecular complexity index is 2790. The third-order valence-electron chi connectivity index (χ3n) is 12.0. The molecule has 7 aromatic carbocycles. The number of rotatable bonds is 3. The van der Waals surface area contributed by atoms with Gasteiger partial charge in [0, 0.05) is 22.1 Å². The lowest BCUT2D eigenvalue weighted by Gasteiger charge is -2.36. The van der Waals surface area contributed by atoms with Crippen LogP contribution < -0.4 is 0 Å². The van der Waals surface area contributed by atoms with Gasteiger partial charge in [-0.15, -0.1) is 0 Å². The van der Waals surface area contributed by atoms with E-state index in [1.807, 2.05) is 36.4 Å². The van der Waals surface area contributed by atoms with Crippen molar-refractivity contribution in [2.75, 3.05) is 0 Å². The summed E-state index contributed by atoms with van der Waals surface area (Å²) in [6.45, 7) is 4.74. The molecule has 1 heterocycles. The van der Waals surface area contributed by atoms with Crippen LogP contribution in [0.3, 0.4) is 0 Å². The fraction of sp³-hybridized carbons (Fsp3) is 0.0784. The average molecular weight is 690 g/mol. The van der Waals surface area contributed by atoms with Crippen LogP contribution >= 0.6 is 0 Å². The number of benzene rings is 7. The van der Waals surface area contributed by atoms with E-state index in [0.717, 1.165) is 16.7 Å². The minimum Gasteiger partial charge on any atom is -0.208 e. The molecule has 3 aliphatic rings. The molecule has 1 aromatic heterocycles. The molecule has 1 spiro atoms. The molecule has 3 aliphatic carbocycles. The molecular formula is C51H35N3. The summed E-state index contributed by atoms with van der Waals surface area (Å²) in [6, 6.07) is 59.2. The number of hydrogen-bond acceptors (Lipinski definition) is 3. The van der Waals surface area contributed by atoms with Crippen molar-refractivity contribution < 1.29 is 0 Å². The Morgan fingerprint density at radius 2 is 0.815 bits per heavy atom. The summed E-state index contributed by atoms with van der Waals surface area (Å²) >= 11 is 0. The molecule has 0 saturated carbocycles. The van der Waals surface area contributed by atoms with Gasteiger partial charge in [0.2, 0.25) is 0 Å². The molecule has 0 bridgehead atoms. The van der Waals surface area contributed by atoms with Crippen molar-refractivity contribution in [1.29, 1.82) is 0 Å². The molecule has 3 nitrogen and oxygen atoms in total. The lowest BCUT2D eigenvalue weighted by Crippen LogP contribution is -2.30. The van der Waals surface area contributed by atoms with Crippen LogP contribution in [0.2, 0.25) is 0 Å². The minimum absolute atomic E-state index is 0.106. The lowest BCUT2D eigenvalue weighted by molar-refractivity contribution is 0.660. The van der Waals surface area contributed by atoms with Crippen molar-refractivity contribution in [1.82, 2.24) is 15.0 Å². The van der Waals surface area contributed by atoms with Crippen molar-refractivity contribution in [3.8, 4) is 56.4 Å². The topological polar surface area (TPSA) is 38.7 Å². The smallest absolute Gasteiger partial charge is 0.164 e. The molecule has 0 N–H and O–H groups in total. The molecule has 3 heteroatoms. The summed E-state index contributed by atoms with van der Waals surface area (Å²) in [5, 5.41) is 0. The van der Waals surface area contributed by atoms with E-state index in [-0.39, 0.29) is 5.41 Å². The lowest BCUT2D eigenvalue weighted by atomic mass is 9.65. The van der Waals surface area contributed by atoms with E-state index in [9.17, 15) is 0 Å². The SMILES string of the molecule is CC1(C)c2ccccc2-c2cc3c(cc21)-c1ccccc1C31c2ccccc2C=Cc2ccc(-c3nc(-c4ccccc4)nc(-c4ccccc4)n3)cc21. The summed E-state index contributed by atoms with van der Waals surface area (Å²) in [5.74, 6) is 1.96. The number of hydrogen-bond donors (Lipinski definition) is 0. The largest absolute Gasteiger partial charge is 0.208 e. The van der Waals surface area contributed by atoms with Gasteiger partial charge in [-0.3, -0.25) is 0 Å². The van der Waals surface area contributed by atoms with Crippen LogP contribution in [-0.2, 0) is 10.8 Å². The van der Waals surface area contributed by atoms with Crippen LogP contribution in [0.25, 0.3) is 68.6 Å². The van der Waals surface area contributed by atoms with E-state index < -0.39 is 5.41 Å². The normalized spacial score (nSPS) is 16.5. The van der Waals surface area contributed by atoms with Gasteiger partial charge in [0.15, 0.2) is 17.5 Å². The van der Waals surface area contributed by atoms with Gasteiger partial charge in [0.05, 0.1) is 5.41 Å². The quantitative estimate of drug-likeness (QED) is 0.185. The summed E-state index contributed by atoms with van der Waals surface area (Å²) < 4.78 is 0. The summed E-state index contributed by atoms with van der Waals surface area (Å²) in [5.41, 5.74) is 17.7. The van der Waals surface area contributed by atoms with E-state index in [4.69, 9.17) is 15.0 Å². The van der Waals surface area contributed by atoms with E-state index in [2.05, 4.69) is 153 Å². The van der Waals surface area contributed by atoms with Gasteiger partial charge in [-0.2, -0.15) is 0 Å². The van der Waals surface area contributed by atoms with Gasteiger partial charge in [0.1, 0.15) is 0 Å². The summed E-state index contributed by atoms with van der Waals surface area (Å²) in [6.07, 6.45) is 4.58. The standard InChI is InChI=1S/C51H35N3/c1-50(2)42-23-13-10-20-37(42)39-31-46-40(30-45(39)50)38-21-11-14-24-43(38)51(46)41-22-12-9-15-32(41)25-26-33-27-28-36(29-44(33)51)49-53-47(34-16-5-3-6-17-34)52-48(54-49)35-18-7-4-8-19-35/h3-31H,1-2H3. The van der Waals surface area contributed by atoms with Gasteiger partial charge >= 0.3 is 0 Å². The number of fused-ring (bicyclic) bond motifs is 12. The molecule has 254 valence electrons. The van der Waals surface area contributed by atoms with Gasteiger partial charge in [0.25, 0.3) is 0 Å². The zero-order valence-corrected chi connectivity index (χ0v) is 30.1. The molecule has 11 rings (SSSR count). The third kappa shape index (κ3) is 4.27. The molecule has 0 saturated heterocycles. The van der Waals surface area contributed by atoms with E-state index >= 15 is 0 Å². The maximum absolute atomic E-state index is 5.17. The molecule has 0 fully saturated rings. The van der Waals surface area contributed by atoms with E-state index in [0.29, 0.717) is 17.5 Å². The van der Waals surface area contributed by atoms with Crippen LogP contribution in [-0.4, -0.2) is 15.0 Å². The molecule has 0 radical (unpaired) electrons. The number of nitrogens with zero attached hydrogens (tertiary/aromatic N) is 3. The molecular weight excluding hydrogens is 655 g/mol. The predicted octanol–water partition coefficient (Wildman–Crippen LogP) is 12.0. The molecule has 8 aromatic rings. The molecule has 0 amide bonds. The number of aromatic nitrogens is 3. The maximum atomic E-state index is 5.17. The first-order chi connectivity index (χ1) is 26.5. The van der Waals surface area contributed by atoms with E-state index in [1.54, 1.807) is 0 Å². The Labute approximate surface area is 315 Å². The van der Waals surface area contributed by atoms with Crippen LogP contribution in [0, 0.1) is 0 Å². The highest BCUT2D eigenvalue weighted by molar-refractivity contribution is 5.95. The van der Waals surface area contributed by atoms with Gasteiger partial charge in [-0.05, 0) is 85.0 Å². The second-order valence-corrected chi connectivity index (χ2v) is 15.2. The first-order valence-electron chi connectivity index (χ1n) is 18.7. The molecule has 1 atom stereocenters. The Morgan fingerprint density at radius 3 is 1.48 bits per heavy atom. The van der Waals surface area contributed by atoms with Crippen LogP contribution in [0.1, 0.15) is 58.4 Å². The van der Waals surface area contributed by atoms with E-state index in [1.165, 1.54) is 66.8 Å². The Hall–Kier alpha value is -6.71. The highest BCUT2D eigenvalue weighted by atomic mass is 15.0. The molecule has 54 heavy (non-hydrogen) atoms. The van der Waals surface area contributed by atoms with Gasteiger partial charge in [-0.1, -0.05) is 172 Å². The van der Waals surface area contributed by atoms with Crippen molar-refractivity contribution in [2.45, 2.75) is 24.7 Å². The van der Waals surface area contributed by atoms with Crippen molar-refractivity contribution >= 4 is 12.2 Å². The zero-order valence-electron chi connectivity index (χ0n) is 30.1. The Kier molecular flexibility index (Phi) is 6.51.